The third kappa shape index (κ3) is 1.75. The Hall–Kier alpha value is -1.52. The van der Waals surface area contributed by atoms with E-state index in [1.807, 2.05) is 18.2 Å². The number of fused-ring (bicyclic) bond motifs is 1. The molecule has 1 aromatic carbocycles. The van der Waals surface area contributed by atoms with Crippen molar-refractivity contribution in [2.75, 3.05) is 5.73 Å². The predicted molar refractivity (Wildman–Crippen MR) is 85.5 cm³/mol. The molecule has 0 amide bonds. The van der Waals surface area contributed by atoms with Crippen molar-refractivity contribution in [3.63, 3.8) is 0 Å². The number of hydrogen-bond donors (Lipinski definition) is 1. The van der Waals surface area contributed by atoms with Gasteiger partial charge in [-0.25, -0.2) is 4.98 Å². The monoisotopic (exact) mass is 303 g/mol. The van der Waals surface area contributed by atoms with Gasteiger partial charge in [0.25, 0.3) is 0 Å². The van der Waals surface area contributed by atoms with Crippen LogP contribution in [0.3, 0.4) is 0 Å². The van der Waals surface area contributed by atoms with Crippen LogP contribution < -0.4 is 5.73 Å². The number of nitrogens with two attached hydrogens (primary N) is 1. The number of para-hydroxylation sites is 1. The zero-order chi connectivity index (χ0) is 13.9. The lowest BCUT2D eigenvalue weighted by atomic mass is 10.2. The number of hydrogen-bond acceptors (Lipinski definition) is 3. The number of thiophene rings is 1. The SMILES string of the molecule is Cc1cc(-c2nc3cccc(Cl)c3n2C2CC2)c(N)s1. The molecule has 2 heterocycles. The maximum atomic E-state index is 6.39. The molecule has 1 aliphatic carbocycles. The lowest BCUT2D eigenvalue weighted by molar-refractivity contribution is 0.776. The molecule has 1 fully saturated rings. The average molecular weight is 304 g/mol. The maximum Gasteiger partial charge on any atom is 0.144 e. The molecule has 1 aliphatic rings. The van der Waals surface area contributed by atoms with Crippen molar-refractivity contribution in [1.29, 1.82) is 0 Å². The minimum Gasteiger partial charge on any atom is -0.390 e. The second kappa shape index (κ2) is 4.24. The second-order valence-electron chi connectivity index (χ2n) is 5.28. The van der Waals surface area contributed by atoms with Crippen molar-refractivity contribution < 1.29 is 0 Å². The van der Waals surface area contributed by atoms with E-state index in [1.54, 1.807) is 11.3 Å². The molecule has 0 spiro atoms. The molecule has 0 atom stereocenters. The standard InChI is InChI=1S/C15H14ClN3S/c1-8-7-10(14(17)20-8)15-18-12-4-2-3-11(16)13(12)19(15)9-5-6-9/h2-4,7,9H,5-6,17H2,1H3. The first-order chi connectivity index (χ1) is 9.65. The van der Waals surface area contributed by atoms with Gasteiger partial charge in [-0.1, -0.05) is 17.7 Å². The smallest absolute Gasteiger partial charge is 0.144 e. The van der Waals surface area contributed by atoms with E-state index >= 15 is 0 Å². The molecule has 2 N–H and O–H groups in total. The highest BCUT2D eigenvalue weighted by Gasteiger charge is 2.30. The fourth-order valence-electron chi connectivity index (χ4n) is 2.69. The zero-order valence-corrected chi connectivity index (χ0v) is 12.6. The summed E-state index contributed by atoms with van der Waals surface area (Å²) in [5, 5.41) is 1.59. The fourth-order valence-corrected chi connectivity index (χ4v) is 3.74. The van der Waals surface area contributed by atoms with Crippen LogP contribution in [0, 0.1) is 6.92 Å². The van der Waals surface area contributed by atoms with E-state index in [2.05, 4.69) is 17.6 Å². The highest BCUT2D eigenvalue weighted by Crippen LogP contribution is 2.44. The maximum absolute atomic E-state index is 6.39. The van der Waals surface area contributed by atoms with Gasteiger partial charge < -0.3 is 10.3 Å². The van der Waals surface area contributed by atoms with Crippen molar-refractivity contribution in [3.05, 3.63) is 34.2 Å². The van der Waals surface area contributed by atoms with Gasteiger partial charge in [0, 0.05) is 10.9 Å². The Labute approximate surface area is 126 Å². The Balaban J connectivity index is 2.06. The first-order valence-corrected chi connectivity index (χ1v) is 7.87. The number of anilines is 1. The van der Waals surface area contributed by atoms with Crippen LogP contribution in [-0.2, 0) is 0 Å². The Morgan fingerprint density at radius 2 is 2.20 bits per heavy atom. The number of nitrogen functional groups attached to an aromatic ring is 1. The summed E-state index contributed by atoms with van der Waals surface area (Å²) in [4.78, 5) is 5.99. The van der Waals surface area contributed by atoms with Crippen LogP contribution in [0.5, 0.6) is 0 Å². The average Bonchev–Trinajstić information content (AvgIpc) is 3.08. The number of rotatable bonds is 2. The van der Waals surface area contributed by atoms with Crippen LogP contribution in [-0.4, -0.2) is 9.55 Å². The van der Waals surface area contributed by atoms with Crippen molar-refractivity contribution in [3.8, 4) is 11.4 Å². The molecule has 3 aromatic rings. The lowest BCUT2D eigenvalue weighted by Gasteiger charge is -2.08. The largest absolute Gasteiger partial charge is 0.390 e. The van der Waals surface area contributed by atoms with Crippen LogP contribution in [0.4, 0.5) is 5.00 Å². The van der Waals surface area contributed by atoms with Crippen LogP contribution >= 0.6 is 22.9 Å². The molecule has 5 heteroatoms. The zero-order valence-electron chi connectivity index (χ0n) is 11.1. The molecule has 0 radical (unpaired) electrons. The highest BCUT2D eigenvalue weighted by molar-refractivity contribution is 7.16. The minimum atomic E-state index is 0.509. The van der Waals surface area contributed by atoms with Crippen LogP contribution in [0.25, 0.3) is 22.4 Å². The van der Waals surface area contributed by atoms with Gasteiger partial charge in [-0.05, 0) is 38.0 Å². The number of benzene rings is 1. The number of nitrogens with zero attached hydrogens (tertiary/aromatic N) is 2. The molecule has 0 saturated heterocycles. The van der Waals surface area contributed by atoms with Gasteiger partial charge in [0.05, 0.1) is 26.6 Å². The number of aryl methyl sites for hydroxylation is 1. The summed E-state index contributed by atoms with van der Waals surface area (Å²) in [6, 6.07) is 8.51. The molecule has 2 aromatic heterocycles. The third-order valence-corrected chi connectivity index (χ3v) is 4.88. The predicted octanol–water partition coefficient (Wildman–Crippen LogP) is 4.64. The number of halogens is 1. The first kappa shape index (κ1) is 12.2. The number of aromatic nitrogens is 2. The number of imidazole rings is 1. The third-order valence-electron chi connectivity index (χ3n) is 3.70. The van der Waals surface area contributed by atoms with Crippen LogP contribution in [0.15, 0.2) is 24.3 Å². The molecule has 20 heavy (non-hydrogen) atoms. The van der Waals surface area contributed by atoms with E-state index < -0.39 is 0 Å². The molecule has 4 rings (SSSR count). The Bertz CT molecular complexity index is 814. The highest BCUT2D eigenvalue weighted by atomic mass is 35.5. The van der Waals surface area contributed by atoms with E-state index in [0.29, 0.717) is 6.04 Å². The van der Waals surface area contributed by atoms with Crippen LogP contribution in [0.1, 0.15) is 23.8 Å². The van der Waals surface area contributed by atoms with Gasteiger partial charge >= 0.3 is 0 Å². The summed E-state index contributed by atoms with van der Waals surface area (Å²) in [7, 11) is 0. The summed E-state index contributed by atoms with van der Waals surface area (Å²) >= 11 is 8.00. The summed E-state index contributed by atoms with van der Waals surface area (Å²) in [5.74, 6) is 0.956. The van der Waals surface area contributed by atoms with E-state index in [1.165, 1.54) is 17.7 Å². The van der Waals surface area contributed by atoms with Gasteiger partial charge in [-0.3, -0.25) is 0 Å². The summed E-state index contributed by atoms with van der Waals surface area (Å²) in [6.07, 6.45) is 2.37. The second-order valence-corrected chi connectivity index (χ2v) is 6.97. The molecule has 1 saturated carbocycles. The topological polar surface area (TPSA) is 43.8 Å². The van der Waals surface area contributed by atoms with E-state index in [4.69, 9.17) is 22.3 Å². The van der Waals surface area contributed by atoms with Crippen molar-refractivity contribution in [2.45, 2.75) is 25.8 Å². The van der Waals surface area contributed by atoms with Gasteiger partial charge in [0.1, 0.15) is 5.82 Å². The van der Waals surface area contributed by atoms with Crippen molar-refractivity contribution >= 4 is 39.0 Å². The van der Waals surface area contributed by atoms with E-state index in [9.17, 15) is 0 Å². The summed E-state index contributed by atoms with van der Waals surface area (Å²) in [5.41, 5.74) is 9.17. The van der Waals surface area contributed by atoms with Gasteiger partial charge in [-0.15, -0.1) is 11.3 Å². The van der Waals surface area contributed by atoms with Gasteiger partial charge in [0.2, 0.25) is 0 Å². The molecule has 0 unspecified atom stereocenters. The first-order valence-electron chi connectivity index (χ1n) is 6.68. The molecule has 0 aliphatic heterocycles. The fraction of sp³-hybridized carbons (Fsp3) is 0.267. The minimum absolute atomic E-state index is 0.509. The van der Waals surface area contributed by atoms with E-state index in [0.717, 1.165) is 32.4 Å². The molecular formula is C15H14ClN3S. The van der Waals surface area contributed by atoms with E-state index in [-0.39, 0.29) is 0 Å². The summed E-state index contributed by atoms with van der Waals surface area (Å²) in [6.45, 7) is 2.07. The molecule has 0 bridgehead atoms. The Kier molecular flexibility index (Phi) is 2.59. The molecule has 3 nitrogen and oxygen atoms in total. The Morgan fingerprint density at radius 1 is 1.40 bits per heavy atom. The van der Waals surface area contributed by atoms with Crippen molar-refractivity contribution in [1.82, 2.24) is 9.55 Å². The summed E-state index contributed by atoms with van der Waals surface area (Å²) < 4.78 is 2.27. The van der Waals surface area contributed by atoms with Crippen LogP contribution in [0.2, 0.25) is 5.02 Å². The molecule has 102 valence electrons. The van der Waals surface area contributed by atoms with Gasteiger partial charge in [0.15, 0.2) is 0 Å². The molecular weight excluding hydrogens is 290 g/mol. The quantitative estimate of drug-likeness (QED) is 0.749. The lowest BCUT2D eigenvalue weighted by Crippen LogP contribution is -1.98. The van der Waals surface area contributed by atoms with Gasteiger partial charge in [-0.2, -0.15) is 0 Å². The van der Waals surface area contributed by atoms with Crippen molar-refractivity contribution in [2.24, 2.45) is 0 Å². The Morgan fingerprint density at radius 3 is 2.85 bits per heavy atom. The normalized spacial score (nSPS) is 15.1.